The molecule has 0 radical (unpaired) electrons. The second-order valence-corrected chi connectivity index (χ2v) is 7.15. The maximum absolute atomic E-state index is 9.95. The van der Waals surface area contributed by atoms with Crippen molar-refractivity contribution in [3.63, 3.8) is 0 Å². The minimum atomic E-state index is 0.118. The third-order valence-electron chi connectivity index (χ3n) is 3.06. The first-order valence-corrected chi connectivity index (χ1v) is 8.71. The molecule has 23 heavy (non-hydrogen) atoms. The van der Waals surface area contributed by atoms with Gasteiger partial charge in [0, 0.05) is 15.7 Å². The maximum Gasteiger partial charge on any atom is 0.191 e. The number of nitrogens with one attached hydrogen (secondary N) is 2. The number of nitrogens with zero attached hydrogens (tertiary/aromatic N) is 1. The van der Waals surface area contributed by atoms with Crippen molar-refractivity contribution in [1.82, 2.24) is 5.43 Å². The second kappa shape index (κ2) is 7.90. The van der Waals surface area contributed by atoms with Crippen molar-refractivity contribution in [1.29, 1.82) is 0 Å². The van der Waals surface area contributed by atoms with Gasteiger partial charge in [0.05, 0.1) is 10.7 Å². The van der Waals surface area contributed by atoms with E-state index >= 15 is 0 Å². The van der Waals surface area contributed by atoms with Crippen LogP contribution in [0.1, 0.15) is 16.7 Å². The molecule has 0 aliphatic heterocycles. The first-order valence-electron chi connectivity index (χ1n) is 6.72. The molecule has 0 saturated carbocycles. The van der Waals surface area contributed by atoms with Crippen LogP contribution in [0.4, 0.5) is 5.69 Å². The molecule has 0 aliphatic rings. The molecule has 4 nitrogen and oxygen atoms in total. The molecule has 2 aromatic carbocycles. The number of aromatic hydroxyl groups is 1. The van der Waals surface area contributed by atoms with Crippen LogP contribution in [0.25, 0.3) is 0 Å². The highest BCUT2D eigenvalue weighted by Crippen LogP contribution is 2.30. The fraction of sp³-hybridized carbons (Fsp3) is 0.125. The SMILES string of the molecule is Cc1ccc(NC(=S)NN=Cc2cc(Br)cc(Br)c2O)c(C)c1. The number of aryl methyl sites for hydroxylation is 2. The molecule has 2 rings (SSSR count). The van der Waals surface area contributed by atoms with Crippen LogP contribution in [0.15, 0.2) is 44.4 Å². The van der Waals surface area contributed by atoms with E-state index in [1.54, 1.807) is 12.1 Å². The van der Waals surface area contributed by atoms with Crippen LogP contribution in [0.5, 0.6) is 5.75 Å². The molecule has 7 heteroatoms. The molecule has 0 amide bonds. The monoisotopic (exact) mass is 455 g/mol. The molecule has 0 saturated heterocycles. The molecule has 0 heterocycles. The summed E-state index contributed by atoms with van der Waals surface area (Å²) in [7, 11) is 0. The smallest absolute Gasteiger partial charge is 0.191 e. The quantitative estimate of drug-likeness (QED) is 0.351. The van der Waals surface area contributed by atoms with Crippen molar-refractivity contribution in [2.75, 3.05) is 5.32 Å². The van der Waals surface area contributed by atoms with Gasteiger partial charge < -0.3 is 10.4 Å². The predicted octanol–water partition coefficient (Wildman–Crippen LogP) is 4.85. The molecular formula is C16H15Br2N3OS. The van der Waals surface area contributed by atoms with Crippen molar-refractivity contribution < 1.29 is 5.11 Å². The Labute approximate surface area is 157 Å². The lowest BCUT2D eigenvalue weighted by atomic mass is 10.1. The summed E-state index contributed by atoms with van der Waals surface area (Å²) in [6.07, 6.45) is 1.50. The third kappa shape index (κ3) is 5.02. The van der Waals surface area contributed by atoms with Crippen LogP contribution in [0, 0.1) is 13.8 Å². The first kappa shape index (κ1) is 17.9. The fourth-order valence-electron chi connectivity index (χ4n) is 1.95. The van der Waals surface area contributed by atoms with Gasteiger partial charge in [0.2, 0.25) is 0 Å². The Morgan fingerprint density at radius 1 is 1.22 bits per heavy atom. The summed E-state index contributed by atoms with van der Waals surface area (Å²) in [6, 6.07) is 9.57. The van der Waals surface area contributed by atoms with E-state index in [1.807, 2.05) is 26.0 Å². The summed E-state index contributed by atoms with van der Waals surface area (Å²) in [5, 5.41) is 17.5. The number of phenolic OH excluding ortho intramolecular Hbond substituents is 1. The Morgan fingerprint density at radius 3 is 2.65 bits per heavy atom. The van der Waals surface area contributed by atoms with Crippen LogP contribution in [0.2, 0.25) is 0 Å². The summed E-state index contributed by atoms with van der Waals surface area (Å²) < 4.78 is 1.42. The number of benzene rings is 2. The van der Waals surface area contributed by atoms with E-state index in [2.05, 4.69) is 53.8 Å². The number of hydrogen-bond acceptors (Lipinski definition) is 3. The van der Waals surface area contributed by atoms with Crippen molar-refractivity contribution in [2.45, 2.75) is 13.8 Å². The first-order chi connectivity index (χ1) is 10.9. The van der Waals surface area contributed by atoms with Gasteiger partial charge in [-0.3, -0.25) is 5.43 Å². The number of halogens is 2. The number of thiocarbonyl (C=S) groups is 1. The highest BCUT2D eigenvalue weighted by atomic mass is 79.9. The van der Waals surface area contributed by atoms with Gasteiger partial charge in [-0.15, -0.1) is 0 Å². The Kier molecular flexibility index (Phi) is 6.15. The molecule has 0 bridgehead atoms. The van der Waals surface area contributed by atoms with Crippen LogP contribution < -0.4 is 10.7 Å². The van der Waals surface area contributed by atoms with Gasteiger partial charge in [-0.1, -0.05) is 33.6 Å². The average molecular weight is 457 g/mol. The second-order valence-electron chi connectivity index (χ2n) is 4.97. The average Bonchev–Trinajstić information content (AvgIpc) is 2.47. The Balaban J connectivity index is 2.02. The Hall–Kier alpha value is -1.44. The largest absolute Gasteiger partial charge is 0.506 e. The van der Waals surface area contributed by atoms with Crippen LogP contribution in [-0.4, -0.2) is 16.4 Å². The van der Waals surface area contributed by atoms with E-state index < -0.39 is 0 Å². The molecule has 0 atom stereocenters. The highest BCUT2D eigenvalue weighted by Gasteiger charge is 2.05. The van der Waals surface area contributed by atoms with Gasteiger partial charge >= 0.3 is 0 Å². The van der Waals surface area contributed by atoms with E-state index in [0.717, 1.165) is 15.7 Å². The van der Waals surface area contributed by atoms with Crippen molar-refractivity contribution in [3.05, 3.63) is 56.0 Å². The van der Waals surface area contributed by atoms with E-state index in [1.165, 1.54) is 11.8 Å². The molecule has 0 spiro atoms. The van der Waals surface area contributed by atoms with Gasteiger partial charge in [-0.2, -0.15) is 5.10 Å². The van der Waals surface area contributed by atoms with Crippen molar-refractivity contribution in [2.24, 2.45) is 5.10 Å². The molecule has 0 fully saturated rings. The molecule has 0 unspecified atom stereocenters. The molecule has 2 aromatic rings. The van der Waals surface area contributed by atoms with Gasteiger partial charge in [0.25, 0.3) is 0 Å². The van der Waals surface area contributed by atoms with Crippen LogP contribution in [-0.2, 0) is 0 Å². The molecule has 0 aliphatic carbocycles. The molecular weight excluding hydrogens is 442 g/mol. The zero-order valence-electron chi connectivity index (χ0n) is 12.5. The zero-order chi connectivity index (χ0) is 17.0. The normalized spacial score (nSPS) is 10.8. The summed E-state index contributed by atoms with van der Waals surface area (Å²) in [5.41, 5.74) is 6.52. The standard InChI is InChI=1S/C16H15Br2N3OS/c1-9-3-4-14(10(2)5-9)20-16(23)21-19-8-11-6-12(17)7-13(18)15(11)22/h3-8,22H,1-2H3,(H2,20,21,23). The van der Waals surface area contributed by atoms with E-state index in [0.29, 0.717) is 15.1 Å². The van der Waals surface area contributed by atoms with Gasteiger partial charge in [-0.25, -0.2) is 0 Å². The highest BCUT2D eigenvalue weighted by molar-refractivity contribution is 9.11. The summed E-state index contributed by atoms with van der Waals surface area (Å²) >= 11 is 11.9. The minimum Gasteiger partial charge on any atom is -0.506 e. The Bertz CT molecular complexity index is 778. The van der Waals surface area contributed by atoms with Crippen LogP contribution in [0.3, 0.4) is 0 Å². The molecule has 0 aromatic heterocycles. The lowest BCUT2D eigenvalue weighted by molar-refractivity contribution is 0.471. The topological polar surface area (TPSA) is 56.7 Å². The zero-order valence-corrected chi connectivity index (χ0v) is 16.5. The number of rotatable bonds is 3. The third-order valence-corrected chi connectivity index (χ3v) is 4.31. The van der Waals surface area contributed by atoms with Crippen LogP contribution >= 0.6 is 44.1 Å². The lowest BCUT2D eigenvalue weighted by Gasteiger charge is -2.10. The summed E-state index contributed by atoms with van der Waals surface area (Å²) in [5.74, 6) is 0.118. The van der Waals surface area contributed by atoms with E-state index in [4.69, 9.17) is 12.2 Å². The summed E-state index contributed by atoms with van der Waals surface area (Å²) in [6.45, 7) is 4.05. The fourth-order valence-corrected chi connectivity index (χ4v) is 3.37. The number of hydrogen-bond donors (Lipinski definition) is 3. The maximum atomic E-state index is 9.95. The predicted molar refractivity (Wildman–Crippen MR) is 106 cm³/mol. The minimum absolute atomic E-state index is 0.118. The van der Waals surface area contributed by atoms with Gasteiger partial charge in [-0.05, 0) is 65.8 Å². The lowest BCUT2D eigenvalue weighted by Crippen LogP contribution is -2.24. The van der Waals surface area contributed by atoms with Crippen molar-refractivity contribution >= 4 is 61.1 Å². The van der Waals surface area contributed by atoms with Gasteiger partial charge in [0.1, 0.15) is 5.75 Å². The van der Waals surface area contributed by atoms with E-state index in [9.17, 15) is 5.11 Å². The van der Waals surface area contributed by atoms with Gasteiger partial charge in [0.15, 0.2) is 5.11 Å². The summed E-state index contributed by atoms with van der Waals surface area (Å²) in [4.78, 5) is 0. The number of phenols is 1. The number of anilines is 1. The van der Waals surface area contributed by atoms with Crippen molar-refractivity contribution in [3.8, 4) is 5.75 Å². The molecule has 120 valence electrons. The number of hydrazone groups is 1. The molecule has 3 N–H and O–H groups in total. The Morgan fingerprint density at radius 2 is 1.96 bits per heavy atom. The van der Waals surface area contributed by atoms with E-state index in [-0.39, 0.29) is 5.75 Å².